The molecule has 28 heavy (non-hydrogen) atoms. The van der Waals surface area contributed by atoms with Crippen LogP contribution in [-0.2, 0) is 0 Å². The number of allylic oxidation sites excluding steroid dienone is 1. The van der Waals surface area contributed by atoms with Crippen LogP contribution in [0.4, 0.5) is 0 Å². The Morgan fingerprint density at radius 1 is 1.07 bits per heavy atom. The lowest BCUT2D eigenvalue weighted by Crippen LogP contribution is -2.46. The highest BCUT2D eigenvalue weighted by Crippen LogP contribution is 2.30. The summed E-state index contributed by atoms with van der Waals surface area (Å²) in [5.74, 6) is 0.916. The van der Waals surface area contributed by atoms with Gasteiger partial charge < -0.3 is 19.6 Å². The Bertz CT molecular complexity index is 598. The zero-order valence-electron chi connectivity index (χ0n) is 17.7. The Labute approximate surface area is 171 Å². The number of likely N-dealkylation sites (tertiary alicyclic amines) is 2. The molecule has 3 rings (SSSR count). The number of hydrogen-bond acceptors (Lipinski definition) is 5. The maximum absolute atomic E-state index is 9.57. The molecule has 3 heterocycles. The molecule has 0 aromatic heterocycles. The van der Waals surface area contributed by atoms with E-state index in [-0.39, 0.29) is 5.70 Å². The fraction of sp³-hybridized carbons (Fsp3) is 0.818. The molecule has 0 bridgehead atoms. The molecule has 3 aliphatic heterocycles. The molecule has 0 amide bonds. The van der Waals surface area contributed by atoms with Crippen molar-refractivity contribution >= 4 is 0 Å². The summed E-state index contributed by atoms with van der Waals surface area (Å²) in [4.78, 5) is 13.4. The van der Waals surface area contributed by atoms with Gasteiger partial charge >= 0.3 is 5.70 Å². The van der Waals surface area contributed by atoms with Gasteiger partial charge in [0.05, 0.1) is 12.6 Å². The fourth-order valence-corrected chi connectivity index (χ4v) is 4.99. The molecular formula is C22H36N6. The monoisotopic (exact) mass is 384 g/mol. The van der Waals surface area contributed by atoms with Gasteiger partial charge in [0, 0.05) is 44.8 Å². The summed E-state index contributed by atoms with van der Waals surface area (Å²) in [7, 11) is 0. The molecule has 0 aliphatic carbocycles. The number of rotatable bonds is 6. The van der Waals surface area contributed by atoms with Crippen molar-refractivity contribution in [2.45, 2.75) is 64.5 Å². The molecule has 0 unspecified atom stereocenters. The maximum atomic E-state index is 9.57. The second kappa shape index (κ2) is 10.1. The molecule has 6 nitrogen and oxygen atoms in total. The van der Waals surface area contributed by atoms with Crippen molar-refractivity contribution < 1.29 is 0 Å². The van der Waals surface area contributed by atoms with Crippen LogP contribution in [0.5, 0.6) is 0 Å². The van der Waals surface area contributed by atoms with Crippen LogP contribution in [-0.4, -0.2) is 84.0 Å². The molecule has 0 saturated carbocycles. The molecule has 3 fully saturated rings. The number of nitriles is 1. The van der Waals surface area contributed by atoms with Crippen LogP contribution in [0, 0.1) is 17.9 Å². The van der Waals surface area contributed by atoms with Crippen molar-refractivity contribution in [3.8, 4) is 6.07 Å². The first kappa shape index (κ1) is 21.0. The van der Waals surface area contributed by atoms with E-state index in [0.29, 0.717) is 12.1 Å². The summed E-state index contributed by atoms with van der Waals surface area (Å²) in [6.45, 7) is 20.7. The Hall–Kier alpha value is -1.76. The molecule has 0 atom stereocenters. The van der Waals surface area contributed by atoms with Crippen molar-refractivity contribution in [1.82, 2.24) is 19.6 Å². The number of piperidine rings is 2. The first-order chi connectivity index (χ1) is 13.6. The van der Waals surface area contributed by atoms with Crippen LogP contribution >= 0.6 is 0 Å². The molecule has 3 aliphatic rings. The van der Waals surface area contributed by atoms with E-state index in [1.54, 1.807) is 0 Å². The maximum Gasteiger partial charge on any atom is 0.300 e. The highest BCUT2D eigenvalue weighted by Gasteiger charge is 2.34. The van der Waals surface area contributed by atoms with Gasteiger partial charge in [-0.05, 0) is 65.6 Å². The van der Waals surface area contributed by atoms with Crippen LogP contribution in [0.2, 0.25) is 0 Å². The van der Waals surface area contributed by atoms with Gasteiger partial charge in [-0.15, -0.1) is 0 Å². The van der Waals surface area contributed by atoms with Crippen LogP contribution in [0.1, 0.15) is 52.4 Å². The molecule has 0 radical (unpaired) electrons. The first-order valence-electron chi connectivity index (χ1n) is 11.1. The Morgan fingerprint density at radius 2 is 1.79 bits per heavy atom. The predicted octanol–water partition coefficient (Wildman–Crippen LogP) is 2.96. The molecule has 0 aromatic carbocycles. The molecule has 6 heteroatoms. The minimum absolute atomic E-state index is 0.279. The zero-order valence-corrected chi connectivity index (χ0v) is 17.7. The van der Waals surface area contributed by atoms with E-state index in [1.807, 2.05) is 0 Å². The van der Waals surface area contributed by atoms with Crippen LogP contribution in [0.25, 0.3) is 4.85 Å². The fourth-order valence-electron chi connectivity index (χ4n) is 4.99. The lowest BCUT2D eigenvalue weighted by Gasteiger charge is -2.40. The largest absolute Gasteiger partial charge is 0.365 e. The summed E-state index contributed by atoms with van der Waals surface area (Å²) >= 11 is 0. The predicted molar refractivity (Wildman–Crippen MR) is 112 cm³/mol. The standard InChI is InChI=1S/C22H36N6/c1-19(2)26-14-8-20(9-15-26)28-17-16-27(22(28)21(18-23)24-3)13-7-12-25-10-5-4-6-11-25/h19-20H,4-17H2,1-2H3. The lowest BCUT2D eigenvalue weighted by molar-refractivity contribution is 0.116. The van der Waals surface area contributed by atoms with Crippen LogP contribution in [0.15, 0.2) is 11.5 Å². The topological polar surface area (TPSA) is 41.1 Å². The van der Waals surface area contributed by atoms with Crippen molar-refractivity contribution in [2.75, 3.05) is 52.4 Å². The van der Waals surface area contributed by atoms with Gasteiger partial charge in [-0.3, -0.25) is 0 Å². The quantitative estimate of drug-likeness (QED) is 0.520. The summed E-state index contributed by atoms with van der Waals surface area (Å²) < 4.78 is 0. The third kappa shape index (κ3) is 4.99. The third-order valence-electron chi connectivity index (χ3n) is 6.63. The van der Waals surface area contributed by atoms with E-state index in [4.69, 9.17) is 6.57 Å². The average molecular weight is 385 g/mol. The minimum atomic E-state index is 0.279. The highest BCUT2D eigenvalue weighted by atomic mass is 15.4. The normalized spacial score (nSPS) is 24.5. The van der Waals surface area contributed by atoms with Crippen molar-refractivity contribution in [1.29, 1.82) is 5.26 Å². The van der Waals surface area contributed by atoms with Gasteiger partial charge in [0.2, 0.25) is 0 Å². The van der Waals surface area contributed by atoms with Gasteiger partial charge in [0.25, 0.3) is 0 Å². The van der Waals surface area contributed by atoms with Crippen molar-refractivity contribution in [3.63, 3.8) is 0 Å². The first-order valence-corrected chi connectivity index (χ1v) is 11.1. The molecule has 154 valence electrons. The molecular weight excluding hydrogens is 348 g/mol. The van der Waals surface area contributed by atoms with E-state index < -0.39 is 0 Å². The van der Waals surface area contributed by atoms with Gasteiger partial charge in [-0.2, -0.15) is 0 Å². The van der Waals surface area contributed by atoms with Gasteiger partial charge in [0.15, 0.2) is 0 Å². The molecule has 0 aromatic rings. The number of hydrogen-bond donors (Lipinski definition) is 0. The molecule has 3 saturated heterocycles. The minimum Gasteiger partial charge on any atom is -0.365 e. The third-order valence-corrected chi connectivity index (χ3v) is 6.63. The highest BCUT2D eigenvalue weighted by molar-refractivity contribution is 5.34. The summed E-state index contributed by atoms with van der Waals surface area (Å²) in [6, 6.07) is 3.24. The lowest BCUT2D eigenvalue weighted by atomic mass is 10.0. The smallest absolute Gasteiger partial charge is 0.300 e. The van der Waals surface area contributed by atoms with Crippen LogP contribution in [0.3, 0.4) is 0 Å². The van der Waals surface area contributed by atoms with E-state index in [0.717, 1.165) is 64.4 Å². The summed E-state index contributed by atoms with van der Waals surface area (Å²) in [5.41, 5.74) is 0.279. The summed E-state index contributed by atoms with van der Waals surface area (Å²) in [5, 5.41) is 9.57. The Balaban J connectivity index is 1.61. The Morgan fingerprint density at radius 3 is 2.39 bits per heavy atom. The van der Waals surface area contributed by atoms with E-state index in [2.05, 4.69) is 44.4 Å². The summed E-state index contributed by atoms with van der Waals surface area (Å²) in [6.07, 6.45) is 7.39. The van der Waals surface area contributed by atoms with E-state index in [9.17, 15) is 5.26 Å². The van der Waals surface area contributed by atoms with Crippen molar-refractivity contribution in [3.05, 3.63) is 22.9 Å². The van der Waals surface area contributed by atoms with E-state index in [1.165, 1.54) is 32.4 Å². The van der Waals surface area contributed by atoms with Gasteiger partial charge in [-0.1, -0.05) is 6.42 Å². The van der Waals surface area contributed by atoms with Gasteiger partial charge in [0.1, 0.15) is 5.82 Å². The van der Waals surface area contributed by atoms with Gasteiger partial charge in [-0.25, -0.2) is 10.1 Å². The Kier molecular flexibility index (Phi) is 7.59. The SMILES string of the molecule is [C-]#[N+]C(C#N)=C1N(CCCN2CCCCC2)CCN1C1CCN(C(C)C)CC1. The second-order valence-corrected chi connectivity index (χ2v) is 8.69. The van der Waals surface area contributed by atoms with Crippen molar-refractivity contribution in [2.24, 2.45) is 0 Å². The second-order valence-electron chi connectivity index (χ2n) is 8.69. The zero-order chi connectivity index (χ0) is 19.9. The number of nitrogens with zero attached hydrogens (tertiary/aromatic N) is 6. The van der Waals surface area contributed by atoms with E-state index >= 15 is 0 Å². The molecule has 0 spiro atoms. The van der Waals surface area contributed by atoms with Crippen LogP contribution < -0.4 is 0 Å². The molecule has 0 N–H and O–H groups in total. The average Bonchev–Trinajstić information content (AvgIpc) is 3.14.